The van der Waals surface area contributed by atoms with Gasteiger partial charge in [-0.05, 0) is 31.0 Å². The van der Waals surface area contributed by atoms with Gasteiger partial charge in [-0.1, -0.05) is 35.2 Å². The summed E-state index contributed by atoms with van der Waals surface area (Å²) in [5, 5.41) is 9.09. The SMILES string of the molecule is O=C(O)c1cc(Br)cc(N2CCCCCCC2)c1. The van der Waals surface area contributed by atoms with Gasteiger partial charge in [-0.15, -0.1) is 0 Å². The Morgan fingerprint density at radius 3 is 2.28 bits per heavy atom. The van der Waals surface area contributed by atoms with Crippen LogP contribution in [0.3, 0.4) is 0 Å². The van der Waals surface area contributed by atoms with Crippen LogP contribution in [-0.4, -0.2) is 24.2 Å². The van der Waals surface area contributed by atoms with Gasteiger partial charge in [0, 0.05) is 23.2 Å². The molecule has 0 radical (unpaired) electrons. The molecule has 1 N–H and O–H groups in total. The zero-order chi connectivity index (χ0) is 13.0. The summed E-state index contributed by atoms with van der Waals surface area (Å²) >= 11 is 3.39. The number of anilines is 1. The van der Waals surface area contributed by atoms with E-state index in [0.717, 1.165) is 23.2 Å². The second kappa shape index (κ2) is 6.23. The molecular weight excluding hydrogens is 294 g/mol. The summed E-state index contributed by atoms with van der Waals surface area (Å²) < 4.78 is 0.833. The van der Waals surface area contributed by atoms with Crippen molar-refractivity contribution in [2.75, 3.05) is 18.0 Å². The summed E-state index contributed by atoms with van der Waals surface area (Å²) in [4.78, 5) is 13.4. The van der Waals surface area contributed by atoms with Crippen LogP contribution in [0.25, 0.3) is 0 Å². The van der Waals surface area contributed by atoms with Crippen LogP contribution < -0.4 is 4.90 Å². The van der Waals surface area contributed by atoms with Crippen molar-refractivity contribution in [1.29, 1.82) is 0 Å². The third kappa shape index (κ3) is 3.48. The van der Waals surface area contributed by atoms with Gasteiger partial charge in [-0.3, -0.25) is 0 Å². The molecule has 4 heteroatoms. The predicted molar refractivity (Wildman–Crippen MR) is 76.4 cm³/mol. The van der Waals surface area contributed by atoms with E-state index in [-0.39, 0.29) is 0 Å². The molecule has 2 rings (SSSR count). The maximum absolute atomic E-state index is 11.1. The van der Waals surface area contributed by atoms with E-state index in [0.29, 0.717) is 5.56 Å². The van der Waals surface area contributed by atoms with Crippen LogP contribution in [0.1, 0.15) is 42.5 Å². The van der Waals surface area contributed by atoms with Crippen LogP contribution >= 0.6 is 15.9 Å². The number of carboxylic acid groups (broad SMARTS) is 1. The van der Waals surface area contributed by atoms with Crippen molar-refractivity contribution in [3.8, 4) is 0 Å². The molecule has 1 aromatic rings. The first-order valence-electron chi connectivity index (χ1n) is 6.45. The Balaban J connectivity index is 2.22. The Morgan fingerprint density at radius 2 is 1.67 bits per heavy atom. The topological polar surface area (TPSA) is 40.5 Å². The third-order valence-corrected chi connectivity index (χ3v) is 3.81. The molecule has 1 fully saturated rings. The number of benzene rings is 1. The number of hydrogen-bond acceptors (Lipinski definition) is 2. The summed E-state index contributed by atoms with van der Waals surface area (Å²) in [7, 11) is 0. The quantitative estimate of drug-likeness (QED) is 0.900. The molecule has 0 spiro atoms. The first-order valence-corrected chi connectivity index (χ1v) is 7.25. The van der Waals surface area contributed by atoms with Crippen molar-refractivity contribution < 1.29 is 9.90 Å². The third-order valence-electron chi connectivity index (χ3n) is 3.35. The summed E-state index contributed by atoms with van der Waals surface area (Å²) in [6.45, 7) is 2.05. The Labute approximate surface area is 116 Å². The standard InChI is InChI=1S/C14H18BrNO2/c15-12-8-11(14(17)18)9-13(10-12)16-6-4-2-1-3-5-7-16/h8-10H,1-7H2,(H,17,18). The van der Waals surface area contributed by atoms with Gasteiger partial charge in [0.25, 0.3) is 0 Å². The lowest BCUT2D eigenvalue weighted by molar-refractivity contribution is 0.0697. The molecule has 0 aliphatic carbocycles. The zero-order valence-electron chi connectivity index (χ0n) is 10.4. The van der Waals surface area contributed by atoms with E-state index < -0.39 is 5.97 Å². The predicted octanol–water partition coefficient (Wildman–Crippen LogP) is 3.92. The molecule has 0 atom stereocenters. The highest BCUT2D eigenvalue weighted by molar-refractivity contribution is 9.10. The highest BCUT2D eigenvalue weighted by Crippen LogP contribution is 2.25. The lowest BCUT2D eigenvalue weighted by Gasteiger charge is -2.27. The van der Waals surface area contributed by atoms with Gasteiger partial charge in [0.1, 0.15) is 0 Å². The monoisotopic (exact) mass is 311 g/mol. The Bertz CT molecular complexity index is 426. The highest BCUT2D eigenvalue weighted by Gasteiger charge is 2.12. The number of halogens is 1. The van der Waals surface area contributed by atoms with Gasteiger partial charge in [0.05, 0.1) is 5.56 Å². The fourth-order valence-electron chi connectivity index (χ4n) is 2.39. The fourth-order valence-corrected chi connectivity index (χ4v) is 2.87. The largest absolute Gasteiger partial charge is 0.478 e. The Kier molecular flexibility index (Phi) is 4.64. The molecule has 1 aliphatic rings. The molecule has 1 aromatic carbocycles. The van der Waals surface area contributed by atoms with Crippen LogP contribution in [0.2, 0.25) is 0 Å². The van der Waals surface area contributed by atoms with Gasteiger partial charge in [0.2, 0.25) is 0 Å². The van der Waals surface area contributed by atoms with E-state index in [4.69, 9.17) is 5.11 Å². The van der Waals surface area contributed by atoms with Crippen LogP contribution in [0.5, 0.6) is 0 Å². The molecular formula is C14H18BrNO2. The molecule has 0 amide bonds. The molecule has 0 unspecified atom stereocenters. The maximum Gasteiger partial charge on any atom is 0.335 e. The van der Waals surface area contributed by atoms with Crippen LogP contribution in [0, 0.1) is 0 Å². The molecule has 98 valence electrons. The minimum atomic E-state index is -0.871. The van der Waals surface area contributed by atoms with E-state index >= 15 is 0 Å². The average Bonchev–Trinajstić information content (AvgIpc) is 2.27. The first-order chi connectivity index (χ1) is 8.66. The summed E-state index contributed by atoms with van der Waals surface area (Å²) in [6.07, 6.45) is 6.25. The van der Waals surface area contributed by atoms with Crippen LogP contribution in [0.4, 0.5) is 5.69 Å². The first kappa shape index (κ1) is 13.4. The van der Waals surface area contributed by atoms with E-state index in [1.54, 1.807) is 12.1 Å². The summed E-state index contributed by atoms with van der Waals surface area (Å²) in [5.41, 5.74) is 1.37. The molecule has 0 bridgehead atoms. The minimum absolute atomic E-state index is 0.349. The van der Waals surface area contributed by atoms with Gasteiger partial charge < -0.3 is 10.0 Å². The second-order valence-corrected chi connectivity index (χ2v) is 5.67. The van der Waals surface area contributed by atoms with Crippen molar-refractivity contribution >= 4 is 27.6 Å². The van der Waals surface area contributed by atoms with Crippen molar-refractivity contribution in [3.63, 3.8) is 0 Å². The smallest absolute Gasteiger partial charge is 0.335 e. The molecule has 18 heavy (non-hydrogen) atoms. The van der Waals surface area contributed by atoms with E-state index in [1.807, 2.05) is 6.07 Å². The van der Waals surface area contributed by atoms with Crippen molar-refractivity contribution in [1.82, 2.24) is 0 Å². The number of aromatic carboxylic acids is 1. The van der Waals surface area contributed by atoms with Crippen molar-refractivity contribution in [2.24, 2.45) is 0 Å². The number of carbonyl (C=O) groups is 1. The number of hydrogen-bond donors (Lipinski definition) is 1. The summed E-state index contributed by atoms with van der Waals surface area (Å²) in [5.74, 6) is -0.871. The van der Waals surface area contributed by atoms with Gasteiger partial charge >= 0.3 is 5.97 Å². The highest BCUT2D eigenvalue weighted by atomic mass is 79.9. The van der Waals surface area contributed by atoms with E-state index in [2.05, 4.69) is 20.8 Å². The van der Waals surface area contributed by atoms with E-state index in [1.165, 1.54) is 32.1 Å². The molecule has 1 heterocycles. The van der Waals surface area contributed by atoms with Gasteiger partial charge in [0.15, 0.2) is 0 Å². The fraction of sp³-hybridized carbons (Fsp3) is 0.500. The van der Waals surface area contributed by atoms with Crippen LogP contribution in [-0.2, 0) is 0 Å². The number of carboxylic acids is 1. The average molecular weight is 312 g/mol. The molecule has 0 aromatic heterocycles. The van der Waals surface area contributed by atoms with Crippen molar-refractivity contribution in [2.45, 2.75) is 32.1 Å². The van der Waals surface area contributed by atoms with Crippen molar-refractivity contribution in [3.05, 3.63) is 28.2 Å². The molecule has 3 nitrogen and oxygen atoms in total. The minimum Gasteiger partial charge on any atom is -0.478 e. The normalized spacial score (nSPS) is 17.1. The lowest BCUT2D eigenvalue weighted by atomic mass is 10.1. The number of rotatable bonds is 2. The maximum atomic E-state index is 11.1. The van der Waals surface area contributed by atoms with Gasteiger partial charge in [-0.25, -0.2) is 4.79 Å². The molecule has 1 aliphatic heterocycles. The second-order valence-electron chi connectivity index (χ2n) is 4.76. The van der Waals surface area contributed by atoms with E-state index in [9.17, 15) is 4.79 Å². The van der Waals surface area contributed by atoms with Crippen LogP contribution in [0.15, 0.2) is 22.7 Å². The molecule has 1 saturated heterocycles. The summed E-state index contributed by atoms with van der Waals surface area (Å²) in [6, 6.07) is 5.43. The Hall–Kier alpha value is -1.03. The lowest BCUT2D eigenvalue weighted by Crippen LogP contribution is -2.27. The zero-order valence-corrected chi connectivity index (χ0v) is 11.9. The van der Waals surface area contributed by atoms with Gasteiger partial charge in [-0.2, -0.15) is 0 Å². The Morgan fingerprint density at radius 1 is 1.06 bits per heavy atom. The molecule has 0 saturated carbocycles. The number of nitrogens with zero attached hydrogens (tertiary/aromatic N) is 1.